The van der Waals surface area contributed by atoms with Crippen LogP contribution in [0.1, 0.15) is 19.2 Å². The lowest BCUT2D eigenvalue weighted by atomic mass is 9.95. The Kier molecular flexibility index (Phi) is 4.49. The fraction of sp³-hybridized carbons (Fsp3) is 0.136. The number of rotatable bonds is 3. The lowest BCUT2D eigenvalue weighted by molar-refractivity contribution is 0.738. The van der Waals surface area contributed by atoms with E-state index < -0.39 is 0 Å². The topological polar surface area (TPSA) is 38.7 Å². The number of hydrogen-bond donors (Lipinski definition) is 0. The van der Waals surface area contributed by atoms with Crippen LogP contribution >= 0.6 is 0 Å². The number of aromatic nitrogens is 3. The molecular weight excluding hydrogens is 317 g/mol. The Morgan fingerprint density at radius 1 is 0.808 bits per heavy atom. The van der Waals surface area contributed by atoms with Crippen LogP contribution in [-0.2, 0) is 0 Å². The van der Waals surface area contributed by atoms with E-state index in [9.17, 15) is 0 Å². The van der Waals surface area contributed by atoms with Crippen LogP contribution in [0.5, 0.6) is 0 Å². The molecule has 0 saturated carbocycles. The second-order valence-electron chi connectivity index (χ2n) is 6.53. The van der Waals surface area contributed by atoms with Crippen molar-refractivity contribution in [1.82, 2.24) is 15.0 Å². The van der Waals surface area contributed by atoms with Gasteiger partial charge < -0.3 is 0 Å². The number of nitrogens with zero attached hydrogens (tertiary/aromatic N) is 3. The van der Waals surface area contributed by atoms with E-state index in [0.29, 0.717) is 23.4 Å². The van der Waals surface area contributed by atoms with Gasteiger partial charge in [0.15, 0.2) is 17.5 Å². The van der Waals surface area contributed by atoms with E-state index in [1.807, 2.05) is 54.6 Å². The molecule has 2 radical (unpaired) electrons. The molecular formula is C22H18BN3. The maximum atomic E-state index is 5.82. The minimum Gasteiger partial charge on any atom is -0.208 e. The first-order chi connectivity index (χ1) is 12.7. The summed E-state index contributed by atoms with van der Waals surface area (Å²) >= 11 is 0. The first-order valence-electron chi connectivity index (χ1n) is 8.75. The monoisotopic (exact) mass is 335 g/mol. The van der Waals surface area contributed by atoms with Crippen LogP contribution in [0, 0.1) is 5.92 Å². The molecule has 0 amide bonds. The maximum Gasteiger partial charge on any atom is 0.164 e. The molecule has 4 rings (SSSR count). The third-order valence-electron chi connectivity index (χ3n) is 4.36. The van der Waals surface area contributed by atoms with E-state index >= 15 is 0 Å². The van der Waals surface area contributed by atoms with Crippen molar-refractivity contribution in [3.05, 3.63) is 78.6 Å². The molecule has 1 aliphatic rings. The Morgan fingerprint density at radius 2 is 1.42 bits per heavy atom. The molecule has 0 spiro atoms. The molecule has 1 atom stereocenters. The molecule has 3 nitrogen and oxygen atoms in total. The average molecular weight is 335 g/mol. The van der Waals surface area contributed by atoms with Gasteiger partial charge in [0.25, 0.3) is 0 Å². The van der Waals surface area contributed by atoms with E-state index in [0.717, 1.165) is 28.6 Å². The summed E-state index contributed by atoms with van der Waals surface area (Å²) < 4.78 is 0. The maximum absolute atomic E-state index is 5.82. The Hall–Kier alpha value is -3.01. The number of allylic oxidation sites excluding steroid dienone is 4. The normalized spacial score (nSPS) is 16.3. The van der Waals surface area contributed by atoms with E-state index in [-0.39, 0.29) is 0 Å². The van der Waals surface area contributed by atoms with E-state index in [2.05, 4.69) is 25.2 Å². The molecule has 0 bridgehead atoms. The highest BCUT2D eigenvalue weighted by molar-refractivity contribution is 6.32. The quantitative estimate of drug-likeness (QED) is 0.680. The van der Waals surface area contributed by atoms with Gasteiger partial charge in [0.2, 0.25) is 0 Å². The summed E-state index contributed by atoms with van der Waals surface area (Å²) in [5.74, 6) is 2.51. The van der Waals surface area contributed by atoms with Gasteiger partial charge in [-0.1, -0.05) is 85.2 Å². The van der Waals surface area contributed by atoms with Crippen molar-refractivity contribution in [1.29, 1.82) is 0 Å². The highest BCUT2D eigenvalue weighted by Gasteiger charge is 2.14. The molecule has 0 aliphatic heterocycles. The summed E-state index contributed by atoms with van der Waals surface area (Å²) in [5.41, 5.74) is 3.66. The van der Waals surface area contributed by atoms with Gasteiger partial charge in [0, 0.05) is 16.7 Å². The molecule has 2 aromatic carbocycles. The van der Waals surface area contributed by atoms with Crippen LogP contribution < -0.4 is 5.46 Å². The summed E-state index contributed by atoms with van der Waals surface area (Å²) in [6.45, 7) is 2.20. The molecule has 0 N–H and O–H groups in total. The molecule has 1 aromatic heterocycles. The van der Waals surface area contributed by atoms with Crippen molar-refractivity contribution in [3.63, 3.8) is 0 Å². The van der Waals surface area contributed by atoms with Crippen LogP contribution in [0.25, 0.3) is 28.3 Å². The fourth-order valence-corrected chi connectivity index (χ4v) is 2.97. The first kappa shape index (κ1) is 16.5. The lowest BCUT2D eigenvalue weighted by Gasteiger charge is -2.13. The third-order valence-corrected chi connectivity index (χ3v) is 4.36. The van der Waals surface area contributed by atoms with Gasteiger partial charge in [0.1, 0.15) is 7.85 Å². The zero-order valence-corrected chi connectivity index (χ0v) is 14.6. The van der Waals surface area contributed by atoms with Crippen LogP contribution in [0.3, 0.4) is 0 Å². The largest absolute Gasteiger partial charge is 0.208 e. The summed E-state index contributed by atoms with van der Waals surface area (Å²) in [4.78, 5) is 14.2. The van der Waals surface area contributed by atoms with Gasteiger partial charge >= 0.3 is 0 Å². The van der Waals surface area contributed by atoms with Crippen LogP contribution in [-0.4, -0.2) is 22.8 Å². The second kappa shape index (κ2) is 7.08. The van der Waals surface area contributed by atoms with Gasteiger partial charge in [-0.2, -0.15) is 0 Å². The van der Waals surface area contributed by atoms with Crippen molar-refractivity contribution in [2.45, 2.75) is 13.3 Å². The van der Waals surface area contributed by atoms with Crippen LogP contribution in [0.4, 0.5) is 0 Å². The minimum absolute atomic E-state index is 0.479. The minimum atomic E-state index is 0.479. The molecule has 0 saturated heterocycles. The molecule has 3 aromatic rings. The van der Waals surface area contributed by atoms with Crippen LogP contribution in [0.2, 0.25) is 0 Å². The second-order valence-corrected chi connectivity index (χ2v) is 6.53. The molecule has 4 heteroatoms. The van der Waals surface area contributed by atoms with Crippen molar-refractivity contribution in [3.8, 4) is 22.8 Å². The number of hydrogen-bond acceptors (Lipinski definition) is 3. The van der Waals surface area contributed by atoms with Gasteiger partial charge in [-0.25, -0.2) is 15.0 Å². The van der Waals surface area contributed by atoms with Gasteiger partial charge in [0.05, 0.1) is 0 Å². The van der Waals surface area contributed by atoms with Gasteiger partial charge in [-0.3, -0.25) is 0 Å². The summed E-state index contributed by atoms with van der Waals surface area (Å²) in [6.07, 6.45) is 7.54. The third kappa shape index (κ3) is 3.50. The molecule has 1 unspecified atom stereocenters. The predicted octanol–water partition coefficient (Wildman–Crippen LogP) is 3.98. The summed E-state index contributed by atoms with van der Waals surface area (Å²) in [5, 5.41) is 0. The average Bonchev–Trinajstić information content (AvgIpc) is 2.69. The van der Waals surface area contributed by atoms with Crippen molar-refractivity contribution >= 4 is 18.9 Å². The Labute approximate surface area is 155 Å². The Bertz CT molecular complexity index is 976. The van der Waals surface area contributed by atoms with Crippen molar-refractivity contribution < 1.29 is 0 Å². The van der Waals surface area contributed by atoms with Crippen molar-refractivity contribution in [2.75, 3.05) is 0 Å². The van der Waals surface area contributed by atoms with Crippen LogP contribution in [0.15, 0.2) is 72.8 Å². The fourth-order valence-electron chi connectivity index (χ4n) is 2.97. The van der Waals surface area contributed by atoms with E-state index in [1.165, 1.54) is 0 Å². The molecule has 26 heavy (non-hydrogen) atoms. The molecule has 0 fully saturated rings. The first-order valence-corrected chi connectivity index (χ1v) is 8.75. The van der Waals surface area contributed by atoms with Crippen molar-refractivity contribution in [2.24, 2.45) is 5.92 Å². The molecule has 1 aliphatic carbocycles. The highest BCUT2D eigenvalue weighted by atomic mass is 15.0. The molecule has 124 valence electrons. The SMILES string of the molecule is [B]c1ccc(-c2nc(C3=CC(C)CC=C3)nc(-c3ccccc3)n2)cc1. The molecule has 1 heterocycles. The summed E-state index contributed by atoms with van der Waals surface area (Å²) in [6, 6.07) is 17.6. The van der Waals surface area contributed by atoms with E-state index in [1.54, 1.807) is 0 Å². The number of benzene rings is 2. The van der Waals surface area contributed by atoms with E-state index in [4.69, 9.17) is 22.8 Å². The lowest BCUT2D eigenvalue weighted by Crippen LogP contribution is -2.05. The highest BCUT2D eigenvalue weighted by Crippen LogP contribution is 2.26. The van der Waals surface area contributed by atoms with Gasteiger partial charge in [-0.05, 0) is 12.3 Å². The Balaban J connectivity index is 1.87. The van der Waals surface area contributed by atoms with Gasteiger partial charge in [-0.15, -0.1) is 0 Å². The Morgan fingerprint density at radius 3 is 2.08 bits per heavy atom. The predicted molar refractivity (Wildman–Crippen MR) is 107 cm³/mol. The zero-order valence-electron chi connectivity index (χ0n) is 14.6. The zero-order chi connectivity index (χ0) is 17.9. The smallest absolute Gasteiger partial charge is 0.164 e. The summed E-state index contributed by atoms with van der Waals surface area (Å²) in [7, 11) is 5.82. The standard InChI is InChI=1S/C22H18BN3/c1-15-6-5-9-18(14-15)22-25-20(16-7-3-2-4-8-16)24-21(26-22)17-10-12-19(23)13-11-17/h2-5,7-15H,6H2,1H3.